The minimum Gasteiger partial charge on any atom is -0.496 e. The summed E-state index contributed by atoms with van der Waals surface area (Å²) in [5.41, 5.74) is 3.62. The lowest BCUT2D eigenvalue weighted by Crippen LogP contribution is -2.30. The van der Waals surface area contributed by atoms with Gasteiger partial charge in [0.15, 0.2) is 0 Å². The van der Waals surface area contributed by atoms with Gasteiger partial charge in [0.1, 0.15) is 5.75 Å². The molecule has 0 saturated heterocycles. The molecule has 0 aliphatic heterocycles. The van der Waals surface area contributed by atoms with Crippen LogP contribution in [0.2, 0.25) is 0 Å². The molecule has 140 valence electrons. The maximum atomic E-state index is 13.1. The second-order valence-electron chi connectivity index (χ2n) is 6.45. The number of sulfonamides is 1. The molecule has 1 unspecified atom stereocenters. The molecule has 1 atom stereocenters. The van der Waals surface area contributed by atoms with Crippen molar-refractivity contribution in [2.24, 2.45) is 0 Å². The standard InChI is InChI=1S/C22H23NO3S/c1-16-9-7-8-12-20(16)22(18-10-5-4-6-11-18)23-27(24,25)19-13-14-21(26-3)17(2)15-19/h4-15,22-23H,1-3H3. The zero-order valence-electron chi connectivity index (χ0n) is 15.6. The van der Waals surface area contributed by atoms with Gasteiger partial charge >= 0.3 is 0 Å². The number of nitrogens with one attached hydrogen (secondary N) is 1. The van der Waals surface area contributed by atoms with Crippen LogP contribution in [-0.4, -0.2) is 15.5 Å². The fourth-order valence-corrected chi connectivity index (χ4v) is 4.40. The van der Waals surface area contributed by atoms with Crippen LogP contribution in [0.4, 0.5) is 0 Å². The predicted molar refractivity (Wildman–Crippen MR) is 108 cm³/mol. The Labute approximate surface area is 160 Å². The highest BCUT2D eigenvalue weighted by Crippen LogP contribution is 2.28. The van der Waals surface area contributed by atoms with E-state index in [1.807, 2.05) is 68.4 Å². The summed E-state index contributed by atoms with van der Waals surface area (Å²) in [4.78, 5) is 0.218. The summed E-state index contributed by atoms with van der Waals surface area (Å²) in [7, 11) is -2.16. The van der Waals surface area contributed by atoms with Crippen molar-refractivity contribution in [2.75, 3.05) is 7.11 Å². The predicted octanol–water partition coefficient (Wildman–Crippen LogP) is 4.38. The Balaban J connectivity index is 2.04. The first kappa shape index (κ1) is 19.1. The number of methoxy groups -OCH3 is 1. The summed E-state index contributed by atoms with van der Waals surface area (Å²) in [6, 6.07) is 21.8. The fraction of sp³-hybridized carbons (Fsp3) is 0.182. The van der Waals surface area contributed by atoms with Crippen LogP contribution in [0.5, 0.6) is 5.75 Å². The Morgan fingerprint density at radius 2 is 1.52 bits per heavy atom. The van der Waals surface area contributed by atoms with Gasteiger partial charge in [-0.25, -0.2) is 8.42 Å². The average Bonchev–Trinajstić information content (AvgIpc) is 2.67. The van der Waals surface area contributed by atoms with Crippen LogP contribution in [0.15, 0.2) is 77.7 Å². The molecule has 27 heavy (non-hydrogen) atoms. The van der Waals surface area contributed by atoms with E-state index in [1.165, 1.54) is 0 Å². The van der Waals surface area contributed by atoms with Gasteiger partial charge in [0.2, 0.25) is 10.0 Å². The molecule has 0 aliphatic rings. The molecule has 0 spiro atoms. The third-order valence-electron chi connectivity index (χ3n) is 4.58. The summed E-state index contributed by atoms with van der Waals surface area (Å²) < 4.78 is 34.3. The molecule has 0 heterocycles. The van der Waals surface area contributed by atoms with Crippen molar-refractivity contribution in [3.8, 4) is 5.75 Å². The lowest BCUT2D eigenvalue weighted by Gasteiger charge is -2.22. The van der Waals surface area contributed by atoms with Gasteiger partial charge in [-0.15, -0.1) is 0 Å². The Morgan fingerprint density at radius 1 is 0.852 bits per heavy atom. The summed E-state index contributed by atoms with van der Waals surface area (Å²) >= 11 is 0. The van der Waals surface area contributed by atoms with Gasteiger partial charge in [-0.2, -0.15) is 4.72 Å². The molecule has 0 fully saturated rings. The summed E-state index contributed by atoms with van der Waals surface area (Å²) in [5.74, 6) is 0.660. The second kappa shape index (κ2) is 7.94. The van der Waals surface area contributed by atoms with Crippen LogP contribution in [0.1, 0.15) is 28.3 Å². The topological polar surface area (TPSA) is 55.4 Å². The monoisotopic (exact) mass is 381 g/mol. The van der Waals surface area contributed by atoms with E-state index < -0.39 is 16.1 Å². The van der Waals surface area contributed by atoms with Crippen LogP contribution in [-0.2, 0) is 10.0 Å². The molecule has 0 bridgehead atoms. The van der Waals surface area contributed by atoms with Gasteiger partial charge in [0.25, 0.3) is 0 Å². The van der Waals surface area contributed by atoms with Gasteiger partial charge in [-0.3, -0.25) is 0 Å². The van der Waals surface area contributed by atoms with Crippen LogP contribution >= 0.6 is 0 Å². The zero-order valence-corrected chi connectivity index (χ0v) is 16.5. The van der Waals surface area contributed by atoms with E-state index in [4.69, 9.17) is 4.74 Å². The first-order chi connectivity index (χ1) is 12.9. The normalized spacial score (nSPS) is 12.6. The summed E-state index contributed by atoms with van der Waals surface area (Å²) in [5, 5.41) is 0. The van der Waals surface area contributed by atoms with E-state index in [-0.39, 0.29) is 4.90 Å². The molecule has 4 nitrogen and oxygen atoms in total. The number of benzene rings is 3. The molecule has 0 saturated carbocycles. The Bertz CT molecular complexity index is 1030. The van der Waals surface area contributed by atoms with Crippen LogP contribution in [0.25, 0.3) is 0 Å². The highest BCUT2D eigenvalue weighted by atomic mass is 32.2. The van der Waals surface area contributed by atoms with Crippen molar-refractivity contribution >= 4 is 10.0 Å². The third kappa shape index (κ3) is 4.21. The minimum absolute atomic E-state index is 0.218. The van der Waals surface area contributed by atoms with Crippen LogP contribution in [0, 0.1) is 13.8 Å². The van der Waals surface area contributed by atoms with Crippen molar-refractivity contribution in [1.82, 2.24) is 4.72 Å². The molecule has 0 radical (unpaired) electrons. The number of aryl methyl sites for hydroxylation is 2. The van der Waals surface area contributed by atoms with Crippen molar-refractivity contribution in [2.45, 2.75) is 24.8 Å². The van der Waals surface area contributed by atoms with E-state index in [0.717, 1.165) is 22.3 Å². The second-order valence-corrected chi connectivity index (χ2v) is 8.17. The molecule has 3 aromatic rings. The average molecular weight is 381 g/mol. The van der Waals surface area contributed by atoms with E-state index in [2.05, 4.69) is 4.72 Å². The SMILES string of the molecule is COc1ccc(S(=O)(=O)NC(c2ccccc2)c2ccccc2C)cc1C. The fourth-order valence-electron chi connectivity index (χ4n) is 3.11. The molecule has 0 aromatic heterocycles. The lowest BCUT2D eigenvalue weighted by atomic mass is 9.96. The first-order valence-corrected chi connectivity index (χ1v) is 10.2. The maximum Gasteiger partial charge on any atom is 0.241 e. The molecule has 3 rings (SSSR count). The van der Waals surface area contributed by atoms with Gasteiger partial charge in [-0.05, 0) is 54.3 Å². The third-order valence-corrected chi connectivity index (χ3v) is 6.00. The molecule has 1 N–H and O–H groups in total. The van der Waals surface area contributed by atoms with E-state index in [9.17, 15) is 8.42 Å². The Morgan fingerprint density at radius 3 is 2.15 bits per heavy atom. The minimum atomic E-state index is -3.73. The molecule has 0 amide bonds. The Kier molecular flexibility index (Phi) is 5.63. The number of hydrogen-bond donors (Lipinski definition) is 1. The van der Waals surface area contributed by atoms with Crippen LogP contribution in [0.3, 0.4) is 0 Å². The molecule has 5 heteroatoms. The highest BCUT2D eigenvalue weighted by Gasteiger charge is 2.24. The van der Waals surface area contributed by atoms with Crippen molar-refractivity contribution < 1.29 is 13.2 Å². The van der Waals surface area contributed by atoms with E-state index >= 15 is 0 Å². The molecule has 3 aromatic carbocycles. The van der Waals surface area contributed by atoms with Crippen molar-refractivity contribution in [3.05, 3.63) is 95.1 Å². The number of rotatable bonds is 6. The van der Waals surface area contributed by atoms with Gasteiger partial charge < -0.3 is 4.74 Å². The van der Waals surface area contributed by atoms with Gasteiger partial charge in [-0.1, -0.05) is 54.6 Å². The van der Waals surface area contributed by atoms with Crippen molar-refractivity contribution in [3.63, 3.8) is 0 Å². The van der Waals surface area contributed by atoms with Gasteiger partial charge in [0, 0.05) is 0 Å². The molecular formula is C22H23NO3S. The maximum absolute atomic E-state index is 13.1. The zero-order chi connectivity index (χ0) is 19.4. The Hall–Kier alpha value is -2.63. The van der Waals surface area contributed by atoms with E-state index in [0.29, 0.717) is 5.75 Å². The number of hydrogen-bond acceptors (Lipinski definition) is 3. The quantitative estimate of drug-likeness (QED) is 0.689. The van der Waals surface area contributed by atoms with E-state index in [1.54, 1.807) is 25.3 Å². The number of ether oxygens (including phenoxy) is 1. The summed E-state index contributed by atoms with van der Waals surface area (Å²) in [6.07, 6.45) is 0. The highest BCUT2D eigenvalue weighted by molar-refractivity contribution is 7.89. The van der Waals surface area contributed by atoms with Gasteiger partial charge in [0.05, 0.1) is 18.0 Å². The van der Waals surface area contributed by atoms with Crippen molar-refractivity contribution in [1.29, 1.82) is 0 Å². The largest absolute Gasteiger partial charge is 0.496 e. The first-order valence-electron chi connectivity index (χ1n) is 8.70. The summed E-state index contributed by atoms with van der Waals surface area (Å²) in [6.45, 7) is 3.81. The lowest BCUT2D eigenvalue weighted by molar-refractivity contribution is 0.411. The molecular weight excluding hydrogens is 358 g/mol. The smallest absolute Gasteiger partial charge is 0.241 e. The van der Waals surface area contributed by atoms with Crippen LogP contribution < -0.4 is 9.46 Å². The molecule has 0 aliphatic carbocycles.